The van der Waals surface area contributed by atoms with Gasteiger partial charge in [0, 0.05) is 12.1 Å². The molecule has 3 nitrogen and oxygen atoms in total. The molecule has 0 aromatic carbocycles. The first-order valence-corrected chi connectivity index (χ1v) is 4.83. The lowest BCUT2D eigenvalue weighted by atomic mass is 10.1. The largest absolute Gasteiger partial charge is 0.463 e. The Hall–Kier alpha value is -0.830. The number of nitrogens with zero attached hydrogens (tertiary/aromatic N) is 1. The fourth-order valence-corrected chi connectivity index (χ4v) is 1.28. The van der Waals surface area contributed by atoms with E-state index < -0.39 is 0 Å². The van der Waals surface area contributed by atoms with E-state index in [4.69, 9.17) is 4.74 Å². The van der Waals surface area contributed by atoms with Crippen molar-refractivity contribution in [2.45, 2.75) is 26.3 Å². The molecule has 0 bridgehead atoms. The highest BCUT2D eigenvalue weighted by atomic mass is 16.5. The predicted octanol–water partition coefficient (Wildman–Crippen LogP) is 1.20. The highest BCUT2D eigenvalue weighted by Gasteiger charge is 2.17. The van der Waals surface area contributed by atoms with E-state index >= 15 is 0 Å². The third-order valence-electron chi connectivity index (χ3n) is 2.26. The van der Waals surface area contributed by atoms with E-state index in [1.807, 2.05) is 13.0 Å². The Morgan fingerprint density at radius 2 is 2.31 bits per heavy atom. The smallest absolute Gasteiger partial charge is 0.330 e. The van der Waals surface area contributed by atoms with Gasteiger partial charge < -0.3 is 4.74 Å². The van der Waals surface area contributed by atoms with Crippen LogP contribution in [0.3, 0.4) is 0 Å². The van der Waals surface area contributed by atoms with Gasteiger partial charge >= 0.3 is 5.97 Å². The monoisotopic (exact) mass is 183 g/mol. The molecule has 74 valence electrons. The first-order chi connectivity index (χ1) is 6.24. The highest BCUT2D eigenvalue weighted by Crippen LogP contribution is 2.11. The number of likely N-dealkylation sites (tertiary alicyclic amines) is 1. The molecule has 1 rings (SSSR count). The number of rotatable bonds is 4. The molecule has 1 fully saturated rings. The van der Waals surface area contributed by atoms with E-state index in [2.05, 4.69) is 11.8 Å². The second kappa shape index (κ2) is 5.02. The summed E-state index contributed by atoms with van der Waals surface area (Å²) >= 11 is 0. The molecule has 1 atom stereocenters. The van der Waals surface area contributed by atoms with Crippen LogP contribution in [0.15, 0.2) is 12.2 Å². The minimum Gasteiger partial charge on any atom is -0.463 e. The molecule has 0 unspecified atom stereocenters. The molecule has 0 amide bonds. The van der Waals surface area contributed by atoms with Gasteiger partial charge in [-0.15, -0.1) is 0 Å². The molecule has 1 heterocycles. The van der Waals surface area contributed by atoms with Gasteiger partial charge in [0.05, 0.1) is 6.61 Å². The second-order valence-corrected chi connectivity index (χ2v) is 3.24. The van der Waals surface area contributed by atoms with Crippen LogP contribution in [0.1, 0.15) is 20.3 Å². The van der Waals surface area contributed by atoms with Crippen LogP contribution in [-0.2, 0) is 9.53 Å². The molecular formula is C10H17NO2. The summed E-state index contributed by atoms with van der Waals surface area (Å²) in [4.78, 5) is 13.3. The molecule has 0 saturated carbocycles. The van der Waals surface area contributed by atoms with Gasteiger partial charge in [-0.05, 0) is 33.4 Å². The number of ether oxygens (including phenoxy) is 1. The van der Waals surface area contributed by atoms with Crippen LogP contribution in [0.25, 0.3) is 0 Å². The zero-order valence-electron chi connectivity index (χ0n) is 8.32. The van der Waals surface area contributed by atoms with Crippen molar-refractivity contribution < 1.29 is 9.53 Å². The van der Waals surface area contributed by atoms with Gasteiger partial charge in [0.25, 0.3) is 0 Å². The molecule has 0 aromatic heterocycles. The van der Waals surface area contributed by atoms with Crippen LogP contribution in [0.2, 0.25) is 0 Å². The number of esters is 1. The molecule has 1 aliphatic rings. The summed E-state index contributed by atoms with van der Waals surface area (Å²) in [6.07, 6.45) is 4.70. The molecule has 3 heteroatoms. The zero-order valence-corrected chi connectivity index (χ0v) is 8.32. The summed E-state index contributed by atoms with van der Waals surface area (Å²) in [6.45, 7) is 6.64. The summed E-state index contributed by atoms with van der Waals surface area (Å²) in [6, 6.07) is 0.359. The lowest BCUT2D eigenvalue weighted by molar-refractivity contribution is -0.137. The third kappa shape index (κ3) is 3.19. The number of hydrogen-bond acceptors (Lipinski definition) is 3. The van der Waals surface area contributed by atoms with E-state index in [1.165, 1.54) is 12.5 Å². The topological polar surface area (TPSA) is 29.5 Å². The Balaban J connectivity index is 2.24. The molecule has 0 aliphatic carbocycles. The van der Waals surface area contributed by atoms with Crippen molar-refractivity contribution in [3.05, 3.63) is 12.2 Å². The summed E-state index contributed by atoms with van der Waals surface area (Å²) in [7, 11) is 0. The number of hydrogen-bond donors (Lipinski definition) is 0. The van der Waals surface area contributed by atoms with Crippen LogP contribution in [0, 0.1) is 0 Å². The second-order valence-electron chi connectivity index (χ2n) is 3.24. The lowest BCUT2D eigenvalue weighted by Gasteiger charge is -2.34. The molecule has 1 saturated heterocycles. The van der Waals surface area contributed by atoms with E-state index in [0.717, 1.165) is 13.1 Å². The van der Waals surface area contributed by atoms with E-state index in [0.29, 0.717) is 12.6 Å². The summed E-state index contributed by atoms with van der Waals surface area (Å²) in [5.74, 6) is -0.241. The van der Waals surface area contributed by atoms with Crippen LogP contribution in [-0.4, -0.2) is 36.6 Å². The third-order valence-corrected chi connectivity index (χ3v) is 2.26. The SMILES string of the molecule is CCOC(=O)/C=C/[C@H](C)N1CCC1. The minimum atomic E-state index is -0.241. The fraction of sp³-hybridized carbons (Fsp3) is 0.700. The molecule has 0 radical (unpaired) electrons. The summed E-state index contributed by atoms with van der Waals surface area (Å²) in [5.41, 5.74) is 0. The van der Waals surface area contributed by atoms with Gasteiger partial charge in [-0.3, -0.25) is 4.90 Å². The van der Waals surface area contributed by atoms with Crippen LogP contribution >= 0.6 is 0 Å². The first kappa shape index (κ1) is 10.3. The maximum absolute atomic E-state index is 10.9. The van der Waals surface area contributed by atoms with E-state index in [-0.39, 0.29) is 5.97 Å². The summed E-state index contributed by atoms with van der Waals surface area (Å²) < 4.78 is 4.78. The molecule has 0 aromatic rings. The van der Waals surface area contributed by atoms with Crippen LogP contribution in [0.4, 0.5) is 0 Å². The number of carbonyl (C=O) groups is 1. The van der Waals surface area contributed by atoms with E-state index in [9.17, 15) is 4.79 Å². The Morgan fingerprint density at radius 1 is 1.62 bits per heavy atom. The van der Waals surface area contributed by atoms with Crippen molar-refractivity contribution in [3.63, 3.8) is 0 Å². The Morgan fingerprint density at radius 3 is 2.77 bits per heavy atom. The van der Waals surface area contributed by atoms with E-state index in [1.54, 1.807) is 0 Å². The standard InChI is InChI=1S/C10H17NO2/c1-3-13-10(12)6-5-9(2)11-7-4-8-11/h5-6,9H,3-4,7-8H2,1-2H3/b6-5+/t9-/m0/s1. The zero-order chi connectivity index (χ0) is 9.68. The van der Waals surface area contributed by atoms with Crippen LogP contribution < -0.4 is 0 Å². The Labute approximate surface area is 79.4 Å². The lowest BCUT2D eigenvalue weighted by Crippen LogP contribution is -2.42. The maximum atomic E-state index is 10.9. The first-order valence-electron chi connectivity index (χ1n) is 4.83. The van der Waals surface area contributed by atoms with Crippen molar-refractivity contribution in [3.8, 4) is 0 Å². The molecule has 0 spiro atoms. The predicted molar refractivity (Wildman–Crippen MR) is 51.4 cm³/mol. The van der Waals surface area contributed by atoms with Gasteiger partial charge in [0.2, 0.25) is 0 Å². The van der Waals surface area contributed by atoms with Crippen molar-refractivity contribution in [2.24, 2.45) is 0 Å². The van der Waals surface area contributed by atoms with Gasteiger partial charge in [-0.1, -0.05) is 6.08 Å². The van der Waals surface area contributed by atoms with Gasteiger partial charge in [-0.25, -0.2) is 4.79 Å². The fourth-order valence-electron chi connectivity index (χ4n) is 1.28. The average Bonchev–Trinajstić information content (AvgIpc) is 1.98. The highest BCUT2D eigenvalue weighted by molar-refractivity contribution is 5.81. The summed E-state index contributed by atoms with van der Waals surface area (Å²) in [5, 5.41) is 0. The molecular weight excluding hydrogens is 166 g/mol. The van der Waals surface area contributed by atoms with Crippen molar-refractivity contribution in [1.82, 2.24) is 4.90 Å². The van der Waals surface area contributed by atoms with Crippen molar-refractivity contribution in [2.75, 3.05) is 19.7 Å². The molecule has 0 N–H and O–H groups in total. The minimum absolute atomic E-state index is 0.241. The molecule has 1 aliphatic heterocycles. The van der Waals surface area contributed by atoms with Gasteiger partial charge in [0.1, 0.15) is 0 Å². The van der Waals surface area contributed by atoms with Crippen LogP contribution in [0.5, 0.6) is 0 Å². The average molecular weight is 183 g/mol. The normalized spacial score (nSPS) is 19.8. The maximum Gasteiger partial charge on any atom is 0.330 e. The van der Waals surface area contributed by atoms with Gasteiger partial charge in [0.15, 0.2) is 0 Å². The van der Waals surface area contributed by atoms with Crippen molar-refractivity contribution >= 4 is 5.97 Å². The molecule has 13 heavy (non-hydrogen) atoms. The Kier molecular flexibility index (Phi) is 3.96. The van der Waals surface area contributed by atoms with Gasteiger partial charge in [-0.2, -0.15) is 0 Å². The quantitative estimate of drug-likeness (QED) is 0.484. The Bertz CT molecular complexity index is 197. The number of carbonyl (C=O) groups excluding carboxylic acids is 1. The van der Waals surface area contributed by atoms with Crippen molar-refractivity contribution in [1.29, 1.82) is 0 Å².